The van der Waals surface area contributed by atoms with E-state index in [-0.39, 0.29) is 18.0 Å². The molecule has 0 atom stereocenters. The van der Waals surface area contributed by atoms with Crippen LogP contribution in [0.1, 0.15) is 31.9 Å². The van der Waals surface area contributed by atoms with Crippen LogP contribution in [0.5, 0.6) is 5.75 Å². The topological polar surface area (TPSA) is 18.5 Å². The van der Waals surface area contributed by atoms with Gasteiger partial charge < -0.3 is 9.47 Å². The van der Waals surface area contributed by atoms with E-state index in [2.05, 4.69) is 0 Å². The first-order valence-electron chi connectivity index (χ1n) is 5.51. The van der Waals surface area contributed by atoms with Gasteiger partial charge in [0, 0.05) is 5.56 Å². The van der Waals surface area contributed by atoms with E-state index >= 15 is 0 Å². The fraction of sp³-hybridized carbons (Fsp3) is 0.538. The molecule has 2 nitrogen and oxygen atoms in total. The molecular formula is C13H17F3O2. The third kappa shape index (κ3) is 4.22. The fourth-order valence-electron chi connectivity index (χ4n) is 1.33. The van der Waals surface area contributed by atoms with E-state index in [1.54, 1.807) is 0 Å². The monoisotopic (exact) mass is 262 g/mol. The van der Waals surface area contributed by atoms with Gasteiger partial charge in [0.1, 0.15) is 5.75 Å². The van der Waals surface area contributed by atoms with Gasteiger partial charge in [-0.15, -0.1) is 0 Å². The molecule has 0 bridgehead atoms. The summed E-state index contributed by atoms with van der Waals surface area (Å²) in [5, 5.41) is 0. The fourth-order valence-corrected chi connectivity index (χ4v) is 1.33. The number of alkyl halides is 3. The average molecular weight is 262 g/mol. The number of halogens is 3. The normalized spacial score (nSPS) is 12.6. The Morgan fingerprint density at radius 2 is 1.72 bits per heavy atom. The quantitative estimate of drug-likeness (QED) is 0.818. The Kier molecular flexibility index (Phi) is 4.27. The maximum atomic E-state index is 12.5. The van der Waals surface area contributed by atoms with Gasteiger partial charge in [0.15, 0.2) is 0 Å². The van der Waals surface area contributed by atoms with Crippen LogP contribution in [-0.2, 0) is 17.5 Å². The minimum Gasteiger partial charge on any atom is -0.496 e. The van der Waals surface area contributed by atoms with Crippen molar-refractivity contribution in [3.63, 3.8) is 0 Å². The Hall–Kier alpha value is -1.23. The molecule has 0 saturated heterocycles. The lowest BCUT2D eigenvalue weighted by molar-refractivity contribution is -0.137. The third-order valence-corrected chi connectivity index (χ3v) is 2.28. The second-order valence-electron chi connectivity index (χ2n) is 4.93. The Balaban J connectivity index is 2.94. The number of hydrogen-bond donors (Lipinski definition) is 0. The van der Waals surface area contributed by atoms with E-state index in [4.69, 9.17) is 9.47 Å². The van der Waals surface area contributed by atoms with Crippen LogP contribution in [-0.4, -0.2) is 12.7 Å². The summed E-state index contributed by atoms with van der Waals surface area (Å²) in [4.78, 5) is 0. The molecule has 0 spiro atoms. The Morgan fingerprint density at radius 3 is 2.17 bits per heavy atom. The summed E-state index contributed by atoms with van der Waals surface area (Å²) in [6.07, 6.45) is -4.36. The molecule has 0 aromatic heterocycles. The molecule has 0 amide bonds. The van der Waals surface area contributed by atoms with Crippen LogP contribution >= 0.6 is 0 Å². The molecule has 0 saturated carbocycles. The molecule has 0 N–H and O–H groups in total. The van der Waals surface area contributed by atoms with Gasteiger partial charge in [-0.3, -0.25) is 0 Å². The summed E-state index contributed by atoms with van der Waals surface area (Å²) in [5.41, 5.74) is -0.479. The lowest BCUT2D eigenvalue weighted by Gasteiger charge is -2.21. The van der Waals surface area contributed by atoms with Gasteiger partial charge in [0.05, 0.1) is 24.9 Å². The highest BCUT2D eigenvalue weighted by Crippen LogP contribution is 2.33. The lowest BCUT2D eigenvalue weighted by atomic mass is 10.1. The molecule has 0 aliphatic carbocycles. The summed E-state index contributed by atoms with van der Waals surface area (Å²) in [5.74, 6) is 0.189. The van der Waals surface area contributed by atoms with Crippen LogP contribution in [0.15, 0.2) is 18.2 Å². The summed E-state index contributed by atoms with van der Waals surface area (Å²) in [6.45, 7) is 5.85. The van der Waals surface area contributed by atoms with Crippen molar-refractivity contribution in [1.82, 2.24) is 0 Å². The molecule has 1 aromatic carbocycles. The summed E-state index contributed by atoms with van der Waals surface area (Å²) < 4.78 is 48.1. The molecule has 18 heavy (non-hydrogen) atoms. The Bertz CT molecular complexity index is 406. The SMILES string of the molecule is COc1cc(C(F)(F)F)ccc1COC(C)(C)C. The van der Waals surface area contributed by atoms with E-state index in [0.717, 1.165) is 12.1 Å². The maximum Gasteiger partial charge on any atom is 0.416 e. The number of hydrogen-bond acceptors (Lipinski definition) is 2. The van der Waals surface area contributed by atoms with Crippen LogP contribution < -0.4 is 4.74 Å². The van der Waals surface area contributed by atoms with E-state index < -0.39 is 11.7 Å². The van der Waals surface area contributed by atoms with Crippen LogP contribution in [0.25, 0.3) is 0 Å². The molecule has 1 aromatic rings. The molecular weight excluding hydrogens is 245 g/mol. The number of rotatable bonds is 3. The predicted molar refractivity (Wildman–Crippen MR) is 62.5 cm³/mol. The minimum atomic E-state index is -4.36. The zero-order chi connectivity index (χ0) is 14.0. The molecule has 0 radical (unpaired) electrons. The standard InChI is InChI=1S/C13H17F3O2/c1-12(2,3)18-8-9-5-6-10(13(14,15)16)7-11(9)17-4/h5-7H,8H2,1-4H3. The number of ether oxygens (including phenoxy) is 2. The molecule has 5 heteroatoms. The van der Waals surface area contributed by atoms with Gasteiger partial charge in [0.2, 0.25) is 0 Å². The lowest BCUT2D eigenvalue weighted by Crippen LogP contribution is -2.19. The summed E-state index contributed by atoms with van der Waals surface area (Å²) in [6, 6.07) is 3.40. The van der Waals surface area contributed by atoms with Crippen molar-refractivity contribution < 1.29 is 22.6 Å². The van der Waals surface area contributed by atoms with E-state index in [0.29, 0.717) is 5.56 Å². The summed E-state index contributed by atoms with van der Waals surface area (Å²) >= 11 is 0. The van der Waals surface area contributed by atoms with Crippen LogP contribution in [0.2, 0.25) is 0 Å². The van der Waals surface area contributed by atoms with Crippen molar-refractivity contribution in [2.24, 2.45) is 0 Å². The van der Waals surface area contributed by atoms with Gasteiger partial charge in [-0.2, -0.15) is 13.2 Å². The van der Waals surface area contributed by atoms with Gasteiger partial charge in [-0.05, 0) is 32.9 Å². The molecule has 0 fully saturated rings. The minimum absolute atomic E-state index is 0.189. The Labute approximate surface area is 105 Å². The van der Waals surface area contributed by atoms with E-state index in [9.17, 15) is 13.2 Å². The van der Waals surface area contributed by atoms with Crippen molar-refractivity contribution in [3.8, 4) is 5.75 Å². The molecule has 0 aliphatic heterocycles. The second-order valence-corrected chi connectivity index (χ2v) is 4.93. The van der Waals surface area contributed by atoms with E-state index in [1.807, 2.05) is 20.8 Å². The van der Waals surface area contributed by atoms with Crippen LogP contribution in [0, 0.1) is 0 Å². The highest BCUT2D eigenvalue weighted by molar-refractivity contribution is 5.38. The van der Waals surface area contributed by atoms with Crippen LogP contribution in [0.4, 0.5) is 13.2 Å². The van der Waals surface area contributed by atoms with Gasteiger partial charge in [0.25, 0.3) is 0 Å². The second kappa shape index (κ2) is 5.18. The summed E-state index contributed by atoms with van der Waals surface area (Å²) in [7, 11) is 1.34. The number of benzene rings is 1. The van der Waals surface area contributed by atoms with Crippen molar-refractivity contribution in [2.75, 3.05) is 7.11 Å². The highest BCUT2D eigenvalue weighted by atomic mass is 19.4. The van der Waals surface area contributed by atoms with Crippen molar-refractivity contribution >= 4 is 0 Å². The molecule has 0 aliphatic rings. The van der Waals surface area contributed by atoms with Gasteiger partial charge in [-0.1, -0.05) is 6.07 Å². The molecule has 0 heterocycles. The number of methoxy groups -OCH3 is 1. The van der Waals surface area contributed by atoms with Crippen molar-refractivity contribution in [2.45, 2.75) is 39.2 Å². The zero-order valence-corrected chi connectivity index (χ0v) is 10.9. The smallest absolute Gasteiger partial charge is 0.416 e. The van der Waals surface area contributed by atoms with Crippen molar-refractivity contribution in [1.29, 1.82) is 0 Å². The molecule has 102 valence electrons. The maximum absolute atomic E-state index is 12.5. The molecule has 1 rings (SSSR count). The third-order valence-electron chi connectivity index (χ3n) is 2.28. The average Bonchev–Trinajstić information content (AvgIpc) is 2.23. The zero-order valence-electron chi connectivity index (χ0n) is 10.9. The first kappa shape index (κ1) is 14.8. The van der Waals surface area contributed by atoms with Gasteiger partial charge >= 0.3 is 6.18 Å². The first-order valence-corrected chi connectivity index (χ1v) is 5.51. The molecule has 0 unspecified atom stereocenters. The van der Waals surface area contributed by atoms with Crippen LogP contribution in [0.3, 0.4) is 0 Å². The van der Waals surface area contributed by atoms with Gasteiger partial charge in [-0.25, -0.2) is 0 Å². The Morgan fingerprint density at radius 1 is 1.11 bits per heavy atom. The van der Waals surface area contributed by atoms with Crippen molar-refractivity contribution in [3.05, 3.63) is 29.3 Å². The predicted octanol–water partition coefficient (Wildman–Crippen LogP) is 4.03. The largest absolute Gasteiger partial charge is 0.496 e. The van der Waals surface area contributed by atoms with E-state index in [1.165, 1.54) is 13.2 Å². The first-order chi connectivity index (χ1) is 8.13. The highest BCUT2D eigenvalue weighted by Gasteiger charge is 2.31.